The first-order valence-electron chi connectivity index (χ1n) is 13.9. The van der Waals surface area contributed by atoms with Gasteiger partial charge in [0.1, 0.15) is 11.6 Å². The van der Waals surface area contributed by atoms with Crippen LogP contribution in [-0.4, -0.2) is 78.2 Å². The Kier molecular flexibility index (Phi) is 12.3. The first kappa shape index (κ1) is 33.5. The molecule has 3 rings (SSSR count). The van der Waals surface area contributed by atoms with Crippen LogP contribution in [0.15, 0.2) is 48.5 Å². The molecular weight excluding hydrogens is 574 g/mol. The van der Waals surface area contributed by atoms with Gasteiger partial charge in [-0.2, -0.15) is 11.8 Å². The van der Waals surface area contributed by atoms with Gasteiger partial charge in [0.05, 0.1) is 7.11 Å². The van der Waals surface area contributed by atoms with E-state index in [2.05, 4.69) is 10.6 Å². The number of nitrogens with one attached hydrogen (secondary N) is 2. The van der Waals surface area contributed by atoms with E-state index in [-0.39, 0.29) is 16.4 Å². The molecule has 9 nitrogen and oxygen atoms in total. The number of nitrogens with zero attached hydrogens (tertiary/aromatic N) is 1. The molecule has 0 spiro atoms. The summed E-state index contributed by atoms with van der Waals surface area (Å²) in [6.45, 7) is 7.99. The van der Waals surface area contributed by atoms with Crippen molar-refractivity contribution in [2.75, 3.05) is 37.1 Å². The van der Waals surface area contributed by atoms with E-state index >= 15 is 0 Å². The quantitative estimate of drug-likeness (QED) is 0.332. The number of hydrogen-bond donors (Lipinski definition) is 2. The van der Waals surface area contributed by atoms with Crippen molar-refractivity contribution in [2.45, 2.75) is 63.5 Å². The van der Waals surface area contributed by atoms with Crippen molar-refractivity contribution in [3.8, 4) is 11.1 Å². The number of hydrogen-bond acceptors (Lipinski definition) is 9. The largest absolute Gasteiger partial charge is 0.467 e. The third-order valence-corrected chi connectivity index (χ3v) is 8.25. The first-order valence-corrected chi connectivity index (χ1v) is 16.2. The highest BCUT2D eigenvalue weighted by Gasteiger charge is 2.32. The van der Waals surface area contributed by atoms with Crippen LogP contribution < -0.4 is 15.5 Å². The van der Waals surface area contributed by atoms with Crippen molar-refractivity contribution in [1.29, 1.82) is 0 Å². The van der Waals surface area contributed by atoms with Crippen LogP contribution in [0.1, 0.15) is 50.9 Å². The van der Waals surface area contributed by atoms with E-state index in [0.717, 1.165) is 12.0 Å². The zero-order chi connectivity index (χ0) is 30.9. The van der Waals surface area contributed by atoms with E-state index in [1.54, 1.807) is 41.8 Å². The van der Waals surface area contributed by atoms with Gasteiger partial charge < -0.3 is 20.1 Å². The van der Waals surface area contributed by atoms with Gasteiger partial charge in [-0.25, -0.2) is 9.59 Å². The normalized spacial score (nSPS) is 17.3. The number of carbonyl (C=O) groups excluding carboxylic acids is 4. The lowest BCUT2D eigenvalue weighted by Gasteiger charge is -2.30. The Morgan fingerprint density at radius 3 is 2.45 bits per heavy atom. The second-order valence-corrected chi connectivity index (χ2v) is 13.6. The van der Waals surface area contributed by atoms with Crippen LogP contribution in [0.4, 0.5) is 10.5 Å². The smallest absolute Gasteiger partial charge is 0.414 e. The number of rotatable bonds is 11. The summed E-state index contributed by atoms with van der Waals surface area (Å²) in [5.41, 5.74) is 1.61. The minimum absolute atomic E-state index is 0.0465. The zero-order valence-corrected chi connectivity index (χ0v) is 26.7. The molecule has 1 aliphatic heterocycles. The molecule has 2 aromatic rings. The summed E-state index contributed by atoms with van der Waals surface area (Å²) in [4.78, 5) is 52.7. The van der Waals surface area contributed by atoms with Crippen molar-refractivity contribution < 1.29 is 28.7 Å². The second-order valence-electron chi connectivity index (χ2n) is 11.1. The number of amides is 2. The zero-order valence-electron chi connectivity index (χ0n) is 25.1. The number of benzene rings is 2. The Morgan fingerprint density at radius 2 is 1.83 bits per heavy atom. The molecule has 2 N–H and O–H groups in total. The van der Waals surface area contributed by atoms with Gasteiger partial charge in [0.25, 0.3) is 5.91 Å². The minimum atomic E-state index is -0.786. The average molecular weight is 616 g/mol. The lowest BCUT2D eigenvalue weighted by Crippen LogP contribution is -2.44. The molecule has 0 aromatic heterocycles. The fourth-order valence-electron chi connectivity index (χ4n) is 4.69. The van der Waals surface area contributed by atoms with E-state index in [1.807, 2.05) is 57.4 Å². The summed E-state index contributed by atoms with van der Waals surface area (Å²) in [7, 11) is 1.30. The molecule has 2 aromatic carbocycles. The molecule has 1 aliphatic rings. The molecule has 11 heteroatoms. The van der Waals surface area contributed by atoms with Crippen molar-refractivity contribution in [3.63, 3.8) is 0 Å². The molecule has 0 saturated carbocycles. The van der Waals surface area contributed by atoms with Gasteiger partial charge in [0.2, 0.25) is 0 Å². The van der Waals surface area contributed by atoms with Crippen LogP contribution in [0.3, 0.4) is 0 Å². The van der Waals surface area contributed by atoms with E-state index < -0.39 is 29.6 Å². The number of carbonyl (C=O) groups is 4. The fourth-order valence-corrected chi connectivity index (χ4v) is 6.13. The van der Waals surface area contributed by atoms with E-state index in [9.17, 15) is 19.2 Å². The van der Waals surface area contributed by atoms with E-state index in [0.29, 0.717) is 42.1 Å². The predicted molar refractivity (Wildman–Crippen MR) is 170 cm³/mol. The molecule has 0 aliphatic carbocycles. The standard InChI is InChI=1S/C31H41N3O6S2/c1-20(35)42-24-16-22(32-18-24)19-34(30(38)40-31(2,3)4)23-12-13-25(26(17-23)21-10-8-7-9-11-21)28(36)33-27(14-15-41-6)29(37)39-5/h7-13,17,22,24,27,32H,14-16,18-19H2,1-6H3,(H,33,36)/t22-,24-,27-/m0/s1. The lowest BCUT2D eigenvalue weighted by atomic mass is 9.97. The third-order valence-electron chi connectivity index (χ3n) is 6.58. The molecule has 42 heavy (non-hydrogen) atoms. The van der Waals surface area contributed by atoms with Gasteiger partial charge >= 0.3 is 12.1 Å². The molecule has 0 bridgehead atoms. The number of methoxy groups -OCH3 is 1. The van der Waals surface area contributed by atoms with Crippen LogP contribution in [0.2, 0.25) is 0 Å². The molecule has 1 saturated heterocycles. The molecule has 0 radical (unpaired) electrons. The summed E-state index contributed by atoms with van der Waals surface area (Å²) in [5.74, 6) is -0.241. The fraction of sp³-hybridized carbons (Fsp3) is 0.484. The maximum Gasteiger partial charge on any atom is 0.414 e. The summed E-state index contributed by atoms with van der Waals surface area (Å²) >= 11 is 2.89. The van der Waals surface area contributed by atoms with Gasteiger partial charge in [-0.3, -0.25) is 14.5 Å². The van der Waals surface area contributed by atoms with Crippen molar-refractivity contribution in [1.82, 2.24) is 10.6 Å². The third kappa shape index (κ3) is 9.78. The Hall–Kier alpha value is -3.02. The van der Waals surface area contributed by atoms with Crippen molar-refractivity contribution in [3.05, 3.63) is 54.1 Å². The van der Waals surface area contributed by atoms with Crippen molar-refractivity contribution >= 4 is 52.3 Å². The van der Waals surface area contributed by atoms with Crippen LogP contribution >= 0.6 is 23.5 Å². The molecule has 228 valence electrons. The highest BCUT2D eigenvalue weighted by atomic mass is 32.2. The highest BCUT2D eigenvalue weighted by Crippen LogP contribution is 2.31. The number of anilines is 1. The minimum Gasteiger partial charge on any atom is -0.467 e. The maximum atomic E-state index is 13.6. The Bertz CT molecular complexity index is 1250. The lowest BCUT2D eigenvalue weighted by molar-refractivity contribution is -0.142. The van der Waals surface area contributed by atoms with Gasteiger partial charge in [0.15, 0.2) is 5.12 Å². The van der Waals surface area contributed by atoms with Gasteiger partial charge in [-0.15, -0.1) is 0 Å². The summed E-state index contributed by atoms with van der Waals surface area (Å²) in [6, 6.07) is 13.8. The topological polar surface area (TPSA) is 114 Å². The van der Waals surface area contributed by atoms with Gasteiger partial charge in [-0.1, -0.05) is 42.1 Å². The number of esters is 1. The Labute approximate surface area is 256 Å². The molecule has 1 fully saturated rings. The molecule has 2 amide bonds. The number of ether oxygens (including phenoxy) is 2. The van der Waals surface area contributed by atoms with Crippen LogP contribution in [0.5, 0.6) is 0 Å². The number of thioether (sulfide) groups is 2. The monoisotopic (exact) mass is 615 g/mol. The molecule has 3 atom stereocenters. The summed E-state index contributed by atoms with van der Waals surface area (Å²) < 4.78 is 10.7. The molecular formula is C31H41N3O6S2. The average Bonchev–Trinajstić information content (AvgIpc) is 3.38. The van der Waals surface area contributed by atoms with E-state index in [1.165, 1.54) is 18.9 Å². The van der Waals surface area contributed by atoms with Crippen LogP contribution in [0, 0.1) is 0 Å². The van der Waals surface area contributed by atoms with Gasteiger partial charge in [-0.05, 0) is 74.9 Å². The van der Waals surface area contributed by atoms with E-state index in [4.69, 9.17) is 9.47 Å². The Balaban J connectivity index is 1.99. The first-order chi connectivity index (χ1) is 19.9. The maximum absolute atomic E-state index is 13.6. The second kappa shape index (κ2) is 15.5. The molecule has 0 unspecified atom stereocenters. The SMILES string of the molecule is COC(=O)[C@H](CCSC)NC(=O)c1ccc(N(C[C@@H]2C[C@H](SC(C)=O)CN2)C(=O)OC(C)(C)C)cc1-c1ccccc1. The highest BCUT2D eigenvalue weighted by molar-refractivity contribution is 8.14. The van der Waals surface area contributed by atoms with Gasteiger partial charge in [0, 0.05) is 42.6 Å². The predicted octanol–water partition coefficient (Wildman–Crippen LogP) is 5.13. The molecule has 1 heterocycles. The summed E-state index contributed by atoms with van der Waals surface area (Å²) in [6.07, 6.45) is 2.58. The van der Waals surface area contributed by atoms with Crippen LogP contribution in [0.25, 0.3) is 11.1 Å². The Morgan fingerprint density at radius 1 is 1.12 bits per heavy atom. The van der Waals surface area contributed by atoms with Crippen molar-refractivity contribution in [2.24, 2.45) is 0 Å². The van der Waals surface area contributed by atoms with Crippen LogP contribution in [-0.2, 0) is 19.1 Å². The summed E-state index contributed by atoms with van der Waals surface area (Å²) in [5, 5.41) is 6.46.